The van der Waals surface area contributed by atoms with E-state index in [1.165, 1.54) is 24.3 Å². The van der Waals surface area contributed by atoms with Crippen LogP contribution in [0.1, 0.15) is 20.7 Å². The van der Waals surface area contributed by atoms with Gasteiger partial charge in [-0.2, -0.15) is 0 Å². The zero-order valence-corrected chi connectivity index (χ0v) is 13.7. The number of benzene rings is 2. The summed E-state index contributed by atoms with van der Waals surface area (Å²) in [5.74, 6) is -0.893. The highest BCUT2D eigenvalue weighted by molar-refractivity contribution is 5.95. The van der Waals surface area contributed by atoms with Gasteiger partial charge in [0.15, 0.2) is 0 Å². The van der Waals surface area contributed by atoms with Gasteiger partial charge in [-0.05, 0) is 48.5 Å². The molecule has 0 bridgehead atoms. The number of anilines is 1. The summed E-state index contributed by atoms with van der Waals surface area (Å²) in [5.41, 5.74) is 1.95. The molecule has 126 valence electrons. The summed E-state index contributed by atoms with van der Waals surface area (Å²) in [5, 5.41) is 5.40. The smallest absolute Gasteiger partial charge is 0.251 e. The number of nitrogens with one attached hydrogen (secondary N) is 2. The second kappa shape index (κ2) is 8.10. The summed E-state index contributed by atoms with van der Waals surface area (Å²) in [7, 11) is 3.86. The zero-order chi connectivity index (χ0) is 17.5. The SMILES string of the molecule is CN(C)c1ccc(C(=O)NCCNC(=O)c2ccc(F)cc2)cc1. The van der Waals surface area contributed by atoms with E-state index in [9.17, 15) is 14.0 Å². The molecule has 2 amide bonds. The second-order valence-electron chi connectivity index (χ2n) is 5.46. The molecule has 0 spiro atoms. The molecule has 0 aliphatic heterocycles. The standard InChI is InChI=1S/C18H20FN3O2/c1-22(2)16-9-5-14(6-10-16)18(24)21-12-11-20-17(23)13-3-7-15(19)8-4-13/h3-10H,11-12H2,1-2H3,(H,20,23)(H,21,24). The van der Waals surface area contributed by atoms with Crippen LogP contribution in [0, 0.1) is 5.82 Å². The van der Waals surface area contributed by atoms with Gasteiger partial charge in [0.25, 0.3) is 11.8 Å². The molecule has 0 aromatic heterocycles. The molecule has 2 rings (SSSR count). The molecule has 6 heteroatoms. The van der Waals surface area contributed by atoms with Crippen molar-refractivity contribution in [3.05, 3.63) is 65.5 Å². The molecule has 0 radical (unpaired) electrons. The second-order valence-corrected chi connectivity index (χ2v) is 5.46. The van der Waals surface area contributed by atoms with Crippen molar-refractivity contribution in [3.63, 3.8) is 0 Å². The monoisotopic (exact) mass is 329 g/mol. The average molecular weight is 329 g/mol. The number of carbonyl (C=O) groups is 2. The molecule has 0 unspecified atom stereocenters. The normalized spacial score (nSPS) is 10.1. The van der Waals surface area contributed by atoms with Crippen molar-refractivity contribution < 1.29 is 14.0 Å². The van der Waals surface area contributed by atoms with Crippen molar-refractivity contribution in [1.82, 2.24) is 10.6 Å². The molecular formula is C18H20FN3O2. The molecule has 0 aliphatic rings. The van der Waals surface area contributed by atoms with Gasteiger partial charge < -0.3 is 15.5 Å². The predicted molar refractivity (Wildman–Crippen MR) is 91.8 cm³/mol. The lowest BCUT2D eigenvalue weighted by Crippen LogP contribution is -2.34. The number of hydrogen-bond acceptors (Lipinski definition) is 3. The van der Waals surface area contributed by atoms with E-state index in [1.807, 2.05) is 31.1 Å². The fraction of sp³-hybridized carbons (Fsp3) is 0.222. The molecule has 0 aliphatic carbocycles. The van der Waals surface area contributed by atoms with Crippen molar-refractivity contribution in [2.45, 2.75) is 0 Å². The van der Waals surface area contributed by atoms with Crippen LogP contribution in [0.2, 0.25) is 0 Å². The van der Waals surface area contributed by atoms with Gasteiger partial charge in [-0.1, -0.05) is 0 Å². The molecule has 2 aromatic carbocycles. The lowest BCUT2D eigenvalue weighted by atomic mass is 10.2. The maximum atomic E-state index is 12.8. The molecule has 0 fully saturated rings. The number of carbonyl (C=O) groups excluding carboxylic acids is 2. The van der Waals surface area contributed by atoms with Crippen molar-refractivity contribution in [2.75, 3.05) is 32.1 Å². The molecule has 2 aromatic rings. The van der Waals surface area contributed by atoms with Crippen LogP contribution in [-0.2, 0) is 0 Å². The van der Waals surface area contributed by atoms with Gasteiger partial charge in [0.1, 0.15) is 5.82 Å². The topological polar surface area (TPSA) is 61.4 Å². The highest BCUT2D eigenvalue weighted by Crippen LogP contribution is 2.11. The van der Waals surface area contributed by atoms with Crippen LogP contribution in [-0.4, -0.2) is 39.0 Å². The minimum atomic E-state index is -0.390. The summed E-state index contributed by atoms with van der Waals surface area (Å²) < 4.78 is 12.8. The van der Waals surface area contributed by atoms with Crippen LogP contribution >= 0.6 is 0 Å². The summed E-state index contributed by atoms with van der Waals surface area (Å²) in [6.45, 7) is 0.596. The first-order chi connectivity index (χ1) is 11.5. The fourth-order valence-corrected chi connectivity index (χ4v) is 2.07. The average Bonchev–Trinajstić information content (AvgIpc) is 2.59. The maximum absolute atomic E-state index is 12.8. The van der Waals surface area contributed by atoms with Crippen LogP contribution < -0.4 is 15.5 Å². The lowest BCUT2D eigenvalue weighted by Gasteiger charge is -2.12. The van der Waals surface area contributed by atoms with E-state index in [0.717, 1.165) is 5.69 Å². The Kier molecular flexibility index (Phi) is 5.89. The summed E-state index contributed by atoms with van der Waals surface area (Å²) in [6, 6.07) is 12.5. The van der Waals surface area contributed by atoms with E-state index in [-0.39, 0.29) is 24.2 Å². The Morgan fingerprint density at radius 3 is 1.67 bits per heavy atom. The Morgan fingerprint density at radius 1 is 0.833 bits per heavy atom. The lowest BCUT2D eigenvalue weighted by molar-refractivity contribution is 0.0927. The first-order valence-electron chi connectivity index (χ1n) is 7.57. The maximum Gasteiger partial charge on any atom is 0.251 e. The van der Waals surface area contributed by atoms with E-state index in [2.05, 4.69) is 10.6 Å². The van der Waals surface area contributed by atoms with E-state index >= 15 is 0 Å². The van der Waals surface area contributed by atoms with Gasteiger partial charge in [0.2, 0.25) is 0 Å². The van der Waals surface area contributed by atoms with Crippen LogP contribution in [0.15, 0.2) is 48.5 Å². The Balaban J connectivity index is 1.76. The van der Waals surface area contributed by atoms with Crippen molar-refractivity contribution in [1.29, 1.82) is 0 Å². The third-order valence-corrected chi connectivity index (χ3v) is 3.45. The number of hydrogen-bond donors (Lipinski definition) is 2. The minimum absolute atomic E-state index is 0.198. The Morgan fingerprint density at radius 2 is 1.25 bits per heavy atom. The van der Waals surface area contributed by atoms with Gasteiger partial charge in [0, 0.05) is 44.0 Å². The fourth-order valence-electron chi connectivity index (χ4n) is 2.07. The molecular weight excluding hydrogens is 309 g/mol. The van der Waals surface area contributed by atoms with E-state index in [1.54, 1.807) is 12.1 Å². The van der Waals surface area contributed by atoms with Gasteiger partial charge in [-0.25, -0.2) is 4.39 Å². The summed E-state index contributed by atoms with van der Waals surface area (Å²) >= 11 is 0. The highest BCUT2D eigenvalue weighted by atomic mass is 19.1. The predicted octanol–water partition coefficient (Wildman–Crippen LogP) is 2.05. The summed E-state index contributed by atoms with van der Waals surface area (Å²) in [4.78, 5) is 25.8. The largest absolute Gasteiger partial charge is 0.378 e. The Hall–Kier alpha value is -2.89. The molecule has 24 heavy (non-hydrogen) atoms. The number of halogens is 1. The van der Waals surface area contributed by atoms with E-state index in [4.69, 9.17) is 0 Å². The van der Waals surface area contributed by atoms with Crippen molar-refractivity contribution >= 4 is 17.5 Å². The van der Waals surface area contributed by atoms with Crippen LogP contribution in [0.4, 0.5) is 10.1 Å². The van der Waals surface area contributed by atoms with Crippen LogP contribution in [0.25, 0.3) is 0 Å². The first-order valence-corrected chi connectivity index (χ1v) is 7.57. The van der Waals surface area contributed by atoms with Gasteiger partial charge in [-0.15, -0.1) is 0 Å². The van der Waals surface area contributed by atoms with Crippen molar-refractivity contribution in [3.8, 4) is 0 Å². The number of nitrogens with zero attached hydrogens (tertiary/aromatic N) is 1. The van der Waals surface area contributed by atoms with Crippen LogP contribution in [0.5, 0.6) is 0 Å². The number of amides is 2. The van der Waals surface area contributed by atoms with Gasteiger partial charge >= 0.3 is 0 Å². The third kappa shape index (κ3) is 4.81. The Labute approximate surface area is 140 Å². The number of rotatable bonds is 6. The van der Waals surface area contributed by atoms with Gasteiger partial charge in [-0.3, -0.25) is 9.59 Å². The van der Waals surface area contributed by atoms with Crippen molar-refractivity contribution in [2.24, 2.45) is 0 Å². The van der Waals surface area contributed by atoms with E-state index < -0.39 is 0 Å². The molecule has 0 heterocycles. The molecule has 0 saturated heterocycles. The first kappa shape index (κ1) is 17.5. The molecule has 0 saturated carbocycles. The molecule has 2 N–H and O–H groups in total. The van der Waals surface area contributed by atoms with E-state index in [0.29, 0.717) is 17.7 Å². The quantitative estimate of drug-likeness (QED) is 0.798. The third-order valence-electron chi connectivity index (χ3n) is 3.45. The minimum Gasteiger partial charge on any atom is -0.378 e. The zero-order valence-electron chi connectivity index (χ0n) is 13.7. The van der Waals surface area contributed by atoms with Gasteiger partial charge in [0.05, 0.1) is 0 Å². The molecule has 5 nitrogen and oxygen atoms in total. The summed E-state index contributed by atoms with van der Waals surface area (Å²) in [6.07, 6.45) is 0. The highest BCUT2D eigenvalue weighted by Gasteiger charge is 2.07. The molecule has 0 atom stereocenters. The van der Waals surface area contributed by atoms with Crippen LogP contribution in [0.3, 0.4) is 0 Å². The Bertz CT molecular complexity index is 697.